The Morgan fingerprint density at radius 3 is 2.62 bits per heavy atom. The van der Waals surface area contributed by atoms with Crippen molar-refractivity contribution >= 4 is 23.2 Å². The van der Waals surface area contributed by atoms with E-state index < -0.39 is 6.04 Å². The second-order valence-electron chi connectivity index (χ2n) is 6.01. The minimum Gasteiger partial charge on any atom is -0.382 e. The number of carbonyl (C=O) groups is 2. The molecule has 2 amide bonds. The highest BCUT2D eigenvalue weighted by molar-refractivity contribution is 7.10. The number of benzene rings is 1. The number of carbonyl (C=O) groups excluding carboxylic acids is 2. The van der Waals surface area contributed by atoms with E-state index in [9.17, 15) is 9.59 Å². The first-order valence-electron chi connectivity index (χ1n) is 8.84. The number of hydrogen-bond acceptors (Lipinski definition) is 4. The average Bonchev–Trinajstić information content (AvgIpc) is 3.13. The maximum atomic E-state index is 12.6. The van der Waals surface area contributed by atoms with Crippen molar-refractivity contribution < 1.29 is 14.3 Å². The molecule has 0 aliphatic heterocycles. The highest BCUT2D eigenvalue weighted by atomic mass is 32.1. The van der Waals surface area contributed by atoms with Crippen molar-refractivity contribution in [3.05, 3.63) is 57.8 Å². The molecule has 0 aliphatic carbocycles. The van der Waals surface area contributed by atoms with Gasteiger partial charge in [0.15, 0.2) is 0 Å². The molecular formula is C20H26N2O3S. The summed E-state index contributed by atoms with van der Waals surface area (Å²) in [5.74, 6) is -0.368. The van der Waals surface area contributed by atoms with Crippen LogP contribution < -0.4 is 10.6 Å². The lowest BCUT2D eigenvalue weighted by Gasteiger charge is -2.19. The van der Waals surface area contributed by atoms with Crippen molar-refractivity contribution in [3.8, 4) is 0 Å². The number of nitrogens with one attached hydrogen (secondary N) is 2. The minimum atomic E-state index is -0.699. The van der Waals surface area contributed by atoms with Crippen LogP contribution in [0.2, 0.25) is 0 Å². The molecule has 5 nitrogen and oxygen atoms in total. The van der Waals surface area contributed by atoms with Crippen LogP contribution in [-0.2, 0) is 20.7 Å². The largest absolute Gasteiger partial charge is 0.382 e. The van der Waals surface area contributed by atoms with Crippen molar-refractivity contribution in [2.24, 2.45) is 0 Å². The molecule has 1 aromatic carbocycles. The van der Waals surface area contributed by atoms with Gasteiger partial charge in [0.2, 0.25) is 11.8 Å². The first-order valence-corrected chi connectivity index (χ1v) is 9.72. The Kier molecular flexibility index (Phi) is 8.31. The third-order valence-electron chi connectivity index (χ3n) is 3.86. The van der Waals surface area contributed by atoms with Gasteiger partial charge in [0.1, 0.15) is 6.04 Å². The average molecular weight is 375 g/mol. The van der Waals surface area contributed by atoms with E-state index in [1.165, 1.54) is 11.3 Å². The zero-order valence-electron chi connectivity index (χ0n) is 15.3. The Labute approximate surface area is 158 Å². The number of rotatable bonds is 10. The fraction of sp³-hybridized carbons (Fsp3) is 0.400. The molecule has 0 spiro atoms. The van der Waals surface area contributed by atoms with Crippen molar-refractivity contribution in [3.63, 3.8) is 0 Å². The molecular weight excluding hydrogens is 348 g/mol. The fourth-order valence-electron chi connectivity index (χ4n) is 2.47. The summed E-state index contributed by atoms with van der Waals surface area (Å²) in [7, 11) is 0. The molecule has 2 N–H and O–H groups in total. The van der Waals surface area contributed by atoms with Gasteiger partial charge in [0.25, 0.3) is 0 Å². The van der Waals surface area contributed by atoms with Gasteiger partial charge >= 0.3 is 0 Å². The SMILES string of the molecule is CCOCCCNC(=O)[C@H](NC(=O)Cc1cccs1)c1ccc(C)cc1. The van der Waals surface area contributed by atoms with Crippen molar-refractivity contribution in [1.29, 1.82) is 0 Å². The van der Waals surface area contributed by atoms with E-state index in [4.69, 9.17) is 4.74 Å². The number of aryl methyl sites for hydroxylation is 1. The second-order valence-corrected chi connectivity index (χ2v) is 7.04. The van der Waals surface area contributed by atoms with Crippen LogP contribution >= 0.6 is 11.3 Å². The maximum absolute atomic E-state index is 12.6. The van der Waals surface area contributed by atoms with Crippen LogP contribution in [0.15, 0.2) is 41.8 Å². The molecule has 2 aromatic rings. The lowest BCUT2D eigenvalue weighted by Crippen LogP contribution is -2.41. The van der Waals surface area contributed by atoms with Crippen molar-refractivity contribution in [2.45, 2.75) is 32.7 Å². The second kappa shape index (κ2) is 10.7. The van der Waals surface area contributed by atoms with Crippen LogP contribution in [0.1, 0.15) is 35.4 Å². The number of ether oxygens (including phenoxy) is 1. The summed E-state index contributed by atoms with van der Waals surface area (Å²) in [5, 5.41) is 7.69. The van der Waals surface area contributed by atoms with Crippen LogP contribution in [0.4, 0.5) is 0 Å². The highest BCUT2D eigenvalue weighted by Crippen LogP contribution is 2.16. The van der Waals surface area contributed by atoms with Crippen LogP contribution in [0, 0.1) is 6.92 Å². The summed E-state index contributed by atoms with van der Waals surface area (Å²) in [6, 6.07) is 10.8. The molecule has 1 heterocycles. The summed E-state index contributed by atoms with van der Waals surface area (Å²) in [6.07, 6.45) is 1.01. The van der Waals surface area contributed by atoms with Gasteiger partial charge in [-0.25, -0.2) is 0 Å². The van der Waals surface area contributed by atoms with Gasteiger partial charge in [-0.05, 0) is 37.3 Å². The normalized spacial score (nSPS) is 11.8. The quantitative estimate of drug-likeness (QED) is 0.628. The Morgan fingerprint density at radius 1 is 1.19 bits per heavy atom. The molecule has 0 radical (unpaired) electrons. The van der Waals surface area contributed by atoms with Crippen molar-refractivity contribution in [1.82, 2.24) is 10.6 Å². The van der Waals surface area contributed by atoms with Crippen LogP contribution in [0.3, 0.4) is 0 Å². The predicted molar refractivity (Wildman–Crippen MR) is 104 cm³/mol. The monoisotopic (exact) mass is 374 g/mol. The predicted octanol–water partition coefficient (Wildman–Crippen LogP) is 3.00. The minimum absolute atomic E-state index is 0.164. The van der Waals surface area contributed by atoms with Gasteiger partial charge in [-0.1, -0.05) is 35.9 Å². The Balaban J connectivity index is 1.99. The maximum Gasteiger partial charge on any atom is 0.247 e. The van der Waals surface area contributed by atoms with Gasteiger partial charge in [0.05, 0.1) is 6.42 Å². The fourth-order valence-corrected chi connectivity index (χ4v) is 3.18. The van der Waals surface area contributed by atoms with Crippen LogP contribution in [-0.4, -0.2) is 31.6 Å². The third kappa shape index (κ3) is 6.61. The smallest absolute Gasteiger partial charge is 0.247 e. The summed E-state index contributed by atoms with van der Waals surface area (Å²) in [5.41, 5.74) is 1.88. The van der Waals surface area contributed by atoms with E-state index in [0.717, 1.165) is 22.4 Å². The molecule has 0 saturated carbocycles. The summed E-state index contributed by atoms with van der Waals surface area (Å²) < 4.78 is 5.28. The van der Waals surface area contributed by atoms with E-state index in [1.54, 1.807) is 0 Å². The Hall–Kier alpha value is -2.18. The van der Waals surface area contributed by atoms with E-state index in [-0.39, 0.29) is 18.2 Å². The lowest BCUT2D eigenvalue weighted by atomic mass is 10.0. The molecule has 140 valence electrons. The molecule has 1 atom stereocenters. The van der Waals surface area contributed by atoms with Gasteiger partial charge < -0.3 is 15.4 Å². The standard InChI is InChI=1S/C20H26N2O3S/c1-3-25-12-5-11-21-20(24)19(16-9-7-15(2)8-10-16)22-18(23)14-17-6-4-13-26-17/h4,6-10,13,19H,3,5,11-12,14H2,1-2H3,(H,21,24)(H,22,23)/t19-/m1/s1. The zero-order chi connectivity index (χ0) is 18.8. The molecule has 0 saturated heterocycles. The number of thiophene rings is 1. The van der Waals surface area contributed by atoms with Crippen LogP contribution in [0.5, 0.6) is 0 Å². The Bertz CT molecular complexity index is 684. The first kappa shape index (κ1) is 20.1. The van der Waals surface area contributed by atoms with Crippen molar-refractivity contribution in [2.75, 3.05) is 19.8 Å². The molecule has 26 heavy (non-hydrogen) atoms. The lowest BCUT2D eigenvalue weighted by molar-refractivity contribution is -0.128. The molecule has 1 aromatic heterocycles. The van der Waals surface area contributed by atoms with Gasteiger partial charge in [-0.3, -0.25) is 9.59 Å². The molecule has 0 bridgehead atoms. The highest BCUT2D eigenvalue weighted by Gasteiger charge is 2.22. The molecule has 2 rings (SSSR count). The topological polar surface area (TPSA) is 67.4 Å². The molecule has 0 unspecified atom stereocenters. The van der Waals surface area contributed by atoms with Gasteiger partial charge in [0, 0.05) is 24.6 Å². The Morgan fingerprint density at radius 2 is 1.96 bits per heavy atom. The molecule has 0 aliphatic rings. The van der Waals surface area contributed by atoms with E-state index in [0.29, 0.717) is 19.8 Å². The molecule has 0 fully saturated rings. The summed E-state index contributed by atoms with van der Waals surface area (Å²) in [6.45, 7) is 5.72. The molecule has 6 heteroatoms. The number of amides is 2. The summed E-state index contributed by atoms with van der Waals surface area (Å²) in [4.78, 5) is 26.0. The number of hydrogen-bond donors (Lipinski definition) is 2. The van der Waals surface area contributed by atoms with E-state index in [2.05, 4.69) is 10.6 Å². The third-order valence-corrected chi connectivity index (χ3v) is 4.74. The summed E-state index contributed by atoms with van der Waals surface area (Å²) >= 11 is 1.53. The first-order chi connectivity index (χ1) is 12.6. The van der Waals surface area contributed by atoms with Gasteiger partial charge in [-0.15, -0.1) is 11.3 Å². The van der Waals surface area contributed by atoms with Gasteiger partial charge in [-0.2, -0.15) is 0 Å². The van der Waals surface area contributed by atoms with E-state index in [1.807, 2.05) is 55.6 Å². The zero-order valence-corrected chi connectivity index (χ0v) is 16.1. The van der Waals surface area contributed by atoms with E-state index >= 15 is 0 Å². The van der Waals surface area contributed by atoms with Crippen LogP contribution in [0.25, 0.3) is 0 Å².